The number of hydrogen-bond donors (Lipinski definition) is 0. The Morgan fingerprint density at radius 1 is 1.50 bits per heavy atom. The molecule has 16 heavy (non-hydrogen) atoms. The van der Waals surface area contributed by atoms with Gasteiger partial charge in [-0.2, -0.15) is 0 Å². The zero-order valence-electron chi connectivity index (χ0n) is 9.10. The summed E-state index contributed by atoms with van der Waals surface area (Å²) in [5, 5.41) is 8.39. The van der Waals surface area contributed by atoms with Gasteiger partial charge in [0.05, 0.1) is 5.69 Å². The van der Waals surface area contributed by atoms with Crippen LogP contribution in [-0.4, -0.2) is 25.0 Å². The van der Waals surface area contributed by atoms with E-state index in [9.17, 15) is 0 Å². The Balaban J connectivity index is 1.96. The van der Waals surface area contributed by atoms with Gasteiger partial charge in [-0.1, -0.05) is 0 Å². The highest BCUT2D eigenvalue weighted by Crippen LogP contribution is 2.37. The summed E-state index contributed by atoms with van der Waals surface area (Å²) in [4.78, 5) is 4.36. The van der Waals surface area contributed by atoms with Crippen LogP contribution in [0.1, 0.15) is 24.4 Å². The lowest BCUT2D eigenvalue weighted by molar-refractivity contribution is 0.723. The number of alkyl halides is 1. The normalized spacial score (nSPS) is 17.9. The fourth-order valence-electron chi connectivity index (χ4n) is 1.95. The van der Waals surface area contributed by atoms with Gasteiger partial charge in [-0.15, -0.1) is 21.8 Å². The minimum Gasteiger partial charge on any atom is -0.284 e. The molecule has 1 aliphatic carbocycles. The fraction of sp³-hybridized carbons (Fsp3) is 0.545. The third-order valence-electron chi connectivity index (χ3n) is 3.09. The zero-order chi connectivity index (χ0) is 11.1. The maximum atomic E-state index is 6.32. The highest BCUT2D eigenvalue weighted by atomic mass is 35.5. The molecule has 3 rings (SSSR count). The van der Waals surface area contributed by atoms with E-state index in [-0.39, 0.29) is 5.38 Å². The summed E-state index contributed by atoms with van der Waals surface area (Å²) < 4.78 is 1.96. The first-order valence-corrected chi connectivity index (χ1v) is 5.98. The number of aromatic nitrogens is 4. The molecule has 84 valence electrons. The van der Waals surface area contributed by atoms with E-state index >= 15 is 0 Å². The Bertz CT molecular complexity index is 518. The Labute approximate surface area is 98.7 Å². The molecular weight excluding hydrogens is 224 g/mol. The lowest BCUT2D eigenvalue weighted by atomic mass is 10.1. The average Bonchev–Trinajstić information content (AvgIpc) is 3.05. The van der Waals surface area contributed by atoms with E-state index in [2.05, 4.69) is 15.2 Å². The van der Waals surface area contributed by atoms with Crippen molar-refractivity contribution >= 4 is 17.2 Å². The van der Waals surface area contributed by atoms with Crippen LogP contribution in [0.15, 0.2) is 12.4 Å². The van der Waals surface area contributed by atoms with Crippen molar-refractivity contribution in [2.24, 2.45) is 5.92 Å². The number of fused-ring (bicyclic) bond motifs is 1. The molecule has 0 amide bonds. The highest BCUT2D eigenvalue weighted by molar-refractivity contribution is 6.21. The van der Waals surface area contributed by atoms with Gasteiger partial charge in [0.2, 0.25) is 0 Å². The molecule has 0 aromatic carbocycles. The Hall–Kier alpha value is -1.16. The summed E-state index contributed by atoms with van der Waals surface area (Å²) in [6.45, 7) is 1.93. The van der Waals surface area contributed by atoms with Gasteiger partial charge in [-0.25, -0.2) is 0 Å². The van der Waals surface area contributed by atoms with Gasteiger partial charge in [0.1, 0.15) is 5.82 Å². The van der Waals surface area contributed by atoms with Crippen LogP contribution >= 0.6 is 11.6 Å². The SMILES string of the molecule is Cc1nnc2c(CC(Cl)C3CC3)nccn12. The molecule has 1 fully saturated rings. The van der Waals surface area contributed by atoms with Crippen molar-refractivity contribution < 1.29 is 0 Å². The molecule has 1 saturated carbocycles. The third-order valence-corrected chi connectivity index (χ3v) is 3.60. The van der Waals surface area contributed by atoms with Gasteiger partial charge in [0, 0.05) is 24.2 Å². The topological polar surface area (TPSA) is 43.1 Å². The van der Waals surface area contributed by atoms with Crippen LogP contribution < -0.4 is 0 Å². The largest absolute Gasteiger partial charge is 0.284 e. The Kier molecular flexibility index (Phi) is 2.32. The lowest BCUT2D eigenvalue weighted by Gasteiger charge is -2.07. The molecular formula is C11H13ClN4. The molecule has 2 heterocycles. The van der Waals surface area contributed by atoms with E-state index in [1.807, 2.05) is 17.5 Å². The Morgan fingerprint density at radius 2 is 2.31 bits per heavy atom. The van der Waals surface area contributed by atoms with Crippen LogP contribution in [0.2, 0.25) is 0 Å². The van der Waals surface area contributed by atoms with E-state index in [1.165, 1.54) is 12.8 Å². The molecule has 0 bridgehead atoms. The number of nitrogens with zero attached hydrogens (tertiary/aromatic N) is 4. The molecule has 0 spiro atoms. The molecule has 1 aliphatic rings. The van der Waals surface area contributed by atoms with E-state index in [0.717, 1.165) is 23.6 Å². The first kappa shape index (κ1) is 10.0. The van der Waals surface area contributed by atoms with E-state index in [4.69, 9.17) is 11.6 Å². The highest BCUT2D eigenvalue weighted by Gasteiger charge is 2.30. The van der Waals surface area contributed by atoms with Crippen molar-refractivity contribution in [2.45, 2.75) is 31.6 Å². The van der Waals surface area contributed by atoms with Crippen LogP contribution in [0.4, 0.5) is 0 Å². The van der Waals surface area contributed by atoms with Gasteiger partial charge in [-0.05, 0) is 25.7 Å². The molecule has 2 aromatic rings. The molecule has 5 heteroatoms. The van der Waals surface area contributed by atoms with E-state index in [0.29, 0.717) is 5.92 Å². The van der Waals surface area contributed by atoms with Crippen molar-refractivity contribution in [2.75, 3.05) is 0 Å². The number of halogens is 1. The van der Waals surface area contributed by atoms with Crippen LogP contribution in [-0.2, 0) is 6.42 Å². The minimum absolute atomic E-state index is 0.190. The first-order valence-electron chi connectivity index (χ1n) is 5.55. The average molecular weight is 237 g/mol. The molecule has 0 radical (unpaired) electrons. The maximum Gasteiger partial charge on any atom is 0.182 e. The smallest absolute Gasteiger partial charge is 0.182 e. The summed E-state index contributed by atoms with van der Waals surface area (Å²) in [5.74, 6) is 1.56. The number of aryl methyl sites for hydroxylation is 1. The standard InChI is InChI=1S/C11H13ClN4/c1-7-14-15-11-10(13-4-5-16(7)11)6-9(12)8-2-3-8/h4-5,8-9H,2-3,6H2,1H3. The molecule has 2 aromatic heterocycles. The minimum atomic E-state index is 0.190. The fourth-order valence-corrected chi connectivity index (χ4v) is 2.34. The predicted molar refractivity (Wildman–Crippen MR) is 61.6 cm³/mol. The van der Waals surface area contributed by atoms with Crippen LogP contribution in [0.3, 0.4) is 0 Å². The summed E-state index contributed by atoms with van der Waals surface area (Å²) in [6, 6.07) is 0. The van der Waals surface area contributed by atoms with E-state index in [1.54, 1.807) is 6.20 Å². The Morgan fingerprint density at radius 3 is 3.06 bits per heavy atom. The quantitative estimate of drug-likeness (QED) is 0.766. The van der Waals surface area contributed by atoms with Crippen LogP contribution in [0, 0.1) is 12.8 Å². The van der Waals surface area contributed by atoms with Gasteiger partial charge in [0.15, 0.2) is 5.65 Å². The summed E-state index contributed by atoms with van der Waals surface area (Å²) in [5.41, 5.74) is 1.79. The van der Waals surface area contributed by atoms with Crippen molar-refractivity contribution in [3.63, 3.8) is 0 Å². The van der Waals surface area contributed by atoms with Crippen molar-refractivity contribution in [1.29, 1.82) is 0 Å². The lowest BCUT2D eigenvalue weighted by Crippen LogP contribution is -2.09. The molecule has 1 unspecified atom stereocenters. The van der Waals surface area contributed by atoms with Gasteiger partial charge < -0.3 is 0 Å². The number of hydrogen-bond acceptors (Lipinski definition) is 3. The van der Waals surface area contributed by atoms with Crippen LogP contribution in [0.25, 0.3) is 5.65 Å². The van der Waals surface area contributed by atoms with Crippen molar-refractivity contribution in [1.82, 2.24) is 19.6 Å². The molecule has 0 saturated heterocycles. The predicted octanol–water partition coefficient (Wildman–Crippen LogP) is 1.99. The molecule has 1 atom stereocenters. The maximum absolute atomic E-state index is 6.32. The third kappa shape index (κ3) is 1.67. The second-order valence-electron chi connectivity index (χ2n) is 4.37. The van der Waals surface area contributed by atoms with Crippen molar-refractivity contribution in [3.8, 4) is 0 Å². The summed E-state index contributed by atoms with van der Waals surface area (Å²) in [7, 11) is 0. The zero-order valence-corrected chi connectivity index (χ0v) is 9.85. The molecule has 4 nitrogen and oxygen atoms in total. The second kappa shape index (κ2) is 3.70. The monoisotopic (exact) mass is 236 g/mol. The van der Waals surface area contributed by atoms with Gasteiger partial charge >= 0.3 is 0 Å². The van der Waals surface area contributed by atoms with Crippen LogP contribution in [0.5, 0.6) is 0 Å². The second-order valence-corrected chi connectivity index (χ2v) is 4.93. The molecule has 0 N–H and O–H groups in total. The van der Waals surface area contributed by atoms with Gasteiger partial charge in [0.25, 0.3) is 0 Å². The van der Waals surface area contributed by atoms with Crippen molar-refractivity contribution in [3.05, 3.63) is 23.9 Å². The van der Waals surface area contributed by atoms with E-state index < -0.39 is 0 Å². The summed E-state index contributed by atoms with van der Waals surface area (Å²) >= 11 is 6.32. The summed E-state index contributed by atoms with van der Waals surface area (Å²) in [6.07, 6.45) is 6.96. The molecule has 0 aliphatic heterocycles. The van der Waals surface area contributed by atoms with Gasteiger partial charge in [-0.3, -0.25) is 9.38 Å². The first-order chi connectivity index (χ1) is 7.75. The number of rotatable bonds is 3.